The molecule has 2 rings (SSSR count). The second kappa shape index (κ2) is 5.66. The molecule has 1 aromatic heterocycles. The Labute approximate surface area is 108 Å². The summed E-state index contributed by atoms with van der Waals surface area (Å²) in [5, 5.41) is 12.7. The summed E-state index contributed by atoms with van der Waals surface area (Å²) < 4.78 is 10.2. The van der Waals surface area contributed by atoms with Crippen LogP contribution in [0.15, 0.2) is 34.9 Å². The van der Waals surface area contributed by atoms with Crippen molar-refractivity contribution in [2.75, 3.05) is 0 Å². The number of rotatable bonds is 5. The van der Waals surface area contributed by atoms with Gasteiger partial charge in [0, 0.05) is 11.1 Å². The van der Waals surface area contributed by atoms with Crippen molar-refractivity contribution < 1.29 is 19.2 Å². The minimum absolute atomic E-state index is 0.128. The molecule has 0 unspecified atom stereocenters. The van der Waals surface area contributed by atoms with Crippen LogP contribution in [0.3, 0.4) is 0 Å². The Morgan fingerprint density at radius 2 is 2.22 bits per heavy atom. The van der Waals surface area contributed by atoms with E-state index in [1.807, 2.05) is 12.1 Å². The molecule has 94 valence electrons. The van der Waals surface area contributed by atoms with E-state index in [1.54, 1.807) is 12.1 Å². The lowest BCUT2D eigenvalue weighted by Gasteiger charge is -2.02. The van der Waals surface area contributed by atoms with Crippen LogP contribution in [0.4, 0.5) is 0 Å². The average molecular weight is 268 g/mol. The third kappa shape index (κ3) is 3.32. The predicted octanol–water partition coefficient (Wildman–Crippen LogP) is 2.74. The smallest absolute Gasteiger partial charge is 0.358 e. The van der Waals surface area contributed by atoms with Gasteiger partial charge in [-0.05, 0) is 17.7 Å². The highest BCUT2D eigenvalue weighted by Crippen LogP contribution is 2.12. The maximum absolute atomic E-state index is 10.6. The highest BCUT2D eigenvalue weighted by Gasteiger charge is 2.10. The zero-order chi connectivity index (χ0) is 13.0. The Bertz CT molecular complexity index is 553. The summed E-state index contributed by atoms with van der Waals surface area (Å²) in [5.41, 5.74) is 0.803. The van der Waals surface area contributed by atoms with E-state index >= 15 is 0 Å². The van der Waals surface area contributed by atoms with Crippen LogP contribution in [0.1, 0.15) is 21.8 Å². The van der Waals surface area contributed by atoms with Crippen molar-refractivity contribution in [3.63, 3.8) is 0 Å². The number of halogens is 1. The van der Waals surface area contributed by atoms with Gasteiger partial charge in [0.05, 0.1) is 6.61 Å². The van der Waals surface area contributed by atoms with Gasteiger partial charge < -0.3 is 14.4 Å². The van der Waals surface area contributed by atoms with Crippen LogP contribution in [0, 0.1) is 0 Å². The van der Waals surface area contributed by atoms with Crippen LogP contribution >= 0.6 is 11.6 Å². The molecule has 0 spiro atoms. The van der Waals surface area contributed by atoms with Gasteiger partial charge >= 0.3 is 5.97 Å². The molecule has 0 atom stereocenters. The molecule has 0 aliphatic heterocycles. The number of hydrogen-bond acceptors (Lipinski definition) is 4. The zero-order valence-electron chi connectivity index (χ0n) is 9.30. The topological polar surface area (TPSA) is 72.6 Å². The molecule has 0 amide bonds. The monoisotopic (exact) mass is 267 g/mol. The van der Waals surface area contributed by atoms with E-state index < -0.39 is 5.97 Å². The summed E-state index contributed by atoms with van der Waals surface area (Å²) in [6.07, 6.45) is 0. The van der Waals surface area contributed by atoms with Crippen molar-refractivity contribution in [3.8, 4) is 0 Å². The molecule has 0 radical (unpaired) electrons. The number of carbonyl (C=O) groups is 1. The number of ether oxygens (including phenoxy) is 1. The van der Waals surface area contributed by atoms with Crippen LogP contribution in [0.5, 0.6) is 0 Å². The SMILES string of the molecule is O=C(O)c1cc(COCc2cccc(Cl)c2)on1. The first-order valence-corrected chi connectivity index (χ1v) is 5.54. The fourth-order valence-corrected chi connectivity index (χ4v) is 1.59. The van der Waals surface area contributed by atoms with Crippen LogP contribution in [0.2, 0.25) is 5.02 Å². The van der Waals surface area contributed by atoms with Crippen molar-refractivity contribution in [2.45, 2.75) is 13.2 Å². The fourth-order valence-electron chi connectivity index (χ4n) is 1.38. The molecule has 1 N–H and O–H groups in total. The molecule has 1 aromatic carbocycles. The first-order chi connectivity index (χ1) is 8.65. The molecule has 0 saturated carbocycles. The van der Waals surface area contributed by atoms with Crippen LogP contribution in [-0.2, 0) is 18.0 Å². The van der Waals surface area contributed by atoms with E-state index in [-0.39, 0.29) is 12.3 Å². The van der Waals surface area contributed by atoms with E-state index in [2.05, 4.69) is 5.16 Å². The first kappa shape index (κ1) is 12.6. The van der Waals surface area contributed by atoms with E-state index in [4.69, 9.17) is 26.0 Å². The largest absolute Gasteiger partial charge is 0.476 e. The molecule has 6 heteroatoms. The average Bonchev–Trinajstić information content (AvgIpc) is 2.78. The molecular weight excluding hydrogens is 258 g/mol. The van der Waals surface area contributed by atoms with E-state index in [0.717, 1.165) is 5.56 Å². The number of nitrogens with zero attached hydrogens (tertiary/aromatic N) is 1. The van der Waals surface area contributed by atoms with Gasteiger partial charge in [0.1, 0.15) is 6.61 Å². The van der Waals surface area contributed by atoms with Crippen molar-refractivity contribution in [2.24, 2.45) is 0 Å². The maximum Gasteiger partial charge on any atom is 0.358 e. The molecule has 0 saturated heterocycles. The standard InChI is InChI=1S/C12H10ClNO4/c13-9-3-1-2-8(4-9)6-17-7-10-5-11(12(15)16)14-18-10/h1-5H,6-7H2,(H,15,16). The first-order valence-electron chi connectivity index (χ1n) is 5.16. The fraction of sp³-hybridized carbons (Fsp3) is 0.167. The number of carboxylic acid groups (broad SMARTS) is 1. The molecule has 0 fully saturated rings. The van der Waals surface area contributed by atoms with Crippen LogP contribution in [-0.4, -0.2) is 16.2 Å². The quantitative estimate of drug-likeness (QED) is 0.902. The van der Waals surface area contributed by atoms with E-state index in [1.165, 1.54) is 6.07 Å². The van der Waals surface area contributed by atoms with Crippen molar-refractivity contribution in [3.05, 3.63) is 52.4 Å². The highest BCUT2D eigenvalue weighted by molar-refractivity contribution is 6.30. The Balaban J connectivity index is 1.86. The molecule has 5 nitrogen and oxygen atoms in total. The summed E-state index contributed by atoms with van der Waals surface area (Å²) in [6.45, 7) is 0.524. The lowest BCUT2D eigenvalue weighted by Crippen LogP contribution is -1.95. The highest BCUT2D eigenvalue weighted by atomic mass is 35.5. The Morgan fingerprint density at radius 3 is 2.89 bits per heavy atom. The van der Waals surface area contributed by atoms with Crippen molar-refractivity contribution in [1.82, 2.24) is 5.16 Å². The minimum atomic E-state index is -1.13. The number of aromatic nitrogens is 1. The van der Waals surface area contributed by atoms with Gasteiger partial charge in [0.2, 0.25) is 0 Å². The molecule has 0 bridgehead atoms. The second-order valence-corrected chi connectivity index (χ2v) is 4.04. The van der Waals surface area contributed by atoms with Crippen molar-refractivity contribution >= 4 is 17.6 Å². The van der Waals surface area contributed by atoms with Gasteiger partial charge in [-0.25, -0.2) is 4.79 Å². The second-order valence-electron chi connectivity index (χ2n) is 3.61. The lowest BCUT2D eigenvalue weighted by molar-refractivity contribution is 0.0683. The summed E-state index contributed by atoms with van der Waals surface area (Å²) in [6, 6.07) is 8.62. The Morgan fingerprint density at radius 1 is 1.39 bits per heavy atom. The van der Waals surface area contributed by atoms with Gasteiger partial charge in [0.25, 0.3) is 0 Å². The van der Waals surface area contributed by atoms with Gasteiger partial charge in [-0.3, -0.25) is 0 Å². The molecular formula is C12H10ClNO4. The molecule has 2 aromatic rings. The Hall–Kier alpha value is -1.85. The molecule has 18 heavy (non-hydrogen) atoms. The predicted molar refractivity (Wildman–Crippen MR) is 63.4 cm³/mol. The lowest BCUT2D eigenvalue weighted by atomic mass is 10.2. The van der Waals surface area contributed by atoms with Gasteiger partial charge in [-0.15, -0.1) is 0 Å². The minimum Gasteiger partial charge on any atom is -0.476 e. The Kier molecular flexibility index (Phi) is 3.96. The number of carboxylic acids is 1. The number of aromatic carboxylic acids is 1. The van der Waals surface area contributed by atoms with E-state index in [9.17, 15) is 4.79 Å². The third-order valence-corrected chi connectivity index (χ3v) is 2.42. The van der Waals surface area contributed by atoms with Crippen molar-refractivity contribution in [1.29, 1.82) is 0 Å². The van der Waals surface area contributed by atoms with Gasteiger partial charge in [0.15, 0.2) is 11.5 Å². The number of hydrogen-bond donors (Lipinski definition) is 1. The molecule has 0 aliphatic rings. The van der Waals surface area contributed by atoms with Crippen LogP contribution < -0.4 is 0 Å². The van der Waals surface area contributed by atoms with E-state index in [0.29, 0.717) is 17.4 Å². The molecule has 0 aliphatic carbocycles. The molecule has 1 heterocycles. The zero-order valence-corrected chi connectivity index (χ0v) is 10.1. The summed E-state index contributed by atoms with van der Waals surface area (Å²) in [4.78, 5) is 10.6. The summed E-state index contributed by atoms with van der Waals surface area (Å²) in [7, 11) is 0. The maximum atomic E-state index is 10.6. The summed E-state index contributed by atoms with van der Waals surface area (Å²) in [5.74, 6) is -0.755. The van der Waals surface area contributed by atoms with Gasteiger partial charge in [-0.1, -0.05) is 28.9 Å². The van der Waals surface area contributed by atoms with Crippen LogP contribution in [0.25, 0.3) is 0 Å². The summed E-state index contributed by atoms with van der Waals surface area (Å²) >= 11 is 5.83. The van der Waals surface area contributed by atoms with Gasteiger partial charge in [-0.2, -0.15) is 0 Å². The normalized spacial score (nSPS) is 10.5. The third-order valence-electron chi connectivity index (χ3n) is 2.18. The number of benzene rings is 1.